The minimum atomic E-state index is -4.56. The van der Waals surface area contributed by atoms with Crippen molar-refractivity contribution in [3.63, 3.8) is 0 Å². The summed E-state index contributed by atoms with van der Waals surface area (Å²) in [5.74, 6) is -2.53. The fraction of sp³-hybridized carbons (Fsp3) is 0.391. The first-order chi connectivity index (χ1) is 16.5. The highest BCUT2D eigenvalue weighted by molar-refractivity contribution is 5.51. The Kier molecular flexibility index (Phi) is 7.13. The van der Waals surface area contributed by atoms with Crippen LogP contribution in [0.15, 0.2) is 52.9 Å². The van der Waals surface area contributed by atoms with Crippen molar-refractivity contribution >= 4 is 0 Å². The van der Waals surface area contributed by atoms with Gasteiger partial charge in [-0.1, -0.05) is 12.1 Å². The van der Waals surface area contributed by atoms with Crippen molar-refractivity contribution in [3.05, 3.63) is 71.4 Å². The maximum Gasteiger partial charge on any atom is 0.416 e. The highest BCUT2D eigenvalue weighted by atomic mass is 19.4. The quantitative estimate of drug-likeness (QED) is 0.405. The molecule has 1 saturated heterocycles. The number of benzene rings is 2. The lowest BCUT2D eigenvalue weighted by molar-refractivity contribution is -0.183. The third-order valence-electron chi connectivity index (χ3n) is 5.68. The molecule has 1 aromatic heterocycles. The van der Waals surface area contributed by atoms with E-state index in [1.54, 1.807) is 4.90 Å². The van der Waals surface area contributed by atoms with Crippen molar-refractivity contribution in [2.45, 2.75) is 24.9 Å². The van der Waals surface area contributed by atoms with Gasteiger partial charge in [-0.2, -0.15) is 26.3 Å². The third-order valence-corrected chi connectivity index (χ3v) is 5.68. The average molecular weight is 503 g/mol. The molecule has 0 N–H and O–H groups in total. The van der Waals surface area contributed by atoms with Crippen molar-refractivity contribution in [3.8, 4) is 11.5 Å². The second kappa shape index (κ2) is 9.94. The summed E-state index contributed by atoms with van der Waals surface area (Å²) in [6, 6.07) is 9.48. The smallest absolute Gasteiger partial charge is 0.416 e. The standard InChI is InChI=1S/C23H20F7N3O2/c24-18-7-3-15(4-8-18)21-32-31-20(35-21)11-17(23(28,29)30)12-33-9-10-34-19(13-33)14-1-5-16(6-2-14)22(25,26)27/h1-8,17,19H,9-13H2. The number of aromatic nitrogens is 2. The van der Waals surface area contributed by atoms with Crippen LogP contribution in [0.5, 0.6) is 0 Å². The maximum absolute atomic E-state index is 13.8. The number of hydrogen-bond acceptors (Lipinski definition) is 5. The van der Waals surface area contributed by atoms with Crippen LogP contribution in [0.1, 0.15) is 23.1 Å². The first kappa shape index (κ1) is 25.1. The highest BCUT2D eigenvalue weighted by Gasteiger charge is 2.42. The maximum atomic E-state index is 13.8. The summed E-state index contributed by atoms with van der Waals surface area (Å²) in [5, 5.41) is 7.46. The van der Waals surface area contributed by atoms with E-state index in [0.29, 0.717) is 11.1 Å². The van der Waals surface area contributed by atoms with Crippen LogP contribution in [-0.4, -0.2) is 47.5 Å². The van der Waals surface area contributed by atoms with Gasteiger partial charge < -0.3 is 9.15 Å². The number of halogens is 7. The van der Waals surface area contributed by atoms with E-state index in [9.17, 15) is 30.7 Å². The monoisotopic (exact) mass is 503 g/mol. The Hall–Kier alpha value is -2.99. The van der Waals surface area contributed by atoms with E-state index >= 15 is 0 Å². The molecule has 35 heavy (non-hydrogen) atoms. The number of nitrogens with zero attached hydrogens (tertiary/aromatic N) is 3. The number of ether oxygens (including phenoxy) is 1. The van der Waals surface area contributed by atoms with Crippen LogP contribution >= 0.6 is 0 Å². The zero-order chi connectivity index (χ0) is 25.2. The number of morpholine rings is 1. The Morgan fingerprint density at radius 2 is 1.63 bits per heavy atom. The van der Waals surface area contributed by atoms with Gasteiger partial charge >= 0.3 is 12.4 Å². The lowest BCUT2D eigenvalue weighted by atomic mass is 10.0. The van der Waals surface area contributed by atoms with Gasteiger partial charge in [-0.25, -0.2) is 4.39 Å². The molecule has 188 valence electrons. The summed E-state index contributed by atoms with van der Waals surface area (Å²) in [4.78, 5) is 1.56. The largest absolute Gasteiger partial charge is 0.421 e. The summed E-state index contributed by atoms with van der Waals surface area (Å²) in [6.45, 7) is 0.0702. The number of hydrogen-bond donors (Lipinski definition) is 0. The van der Waals surface area contributed by atoms with Gasteiger partial charge in [0.05, 0.1) is 24.2 Å². The van der Waals surface area contributed by atoms with E-state index in [0.717, 1.165) is 12.1 Å². The van der Waals surface area contributed by atoms with Crippen LogP contribution < -0.4 is 0 Å². The third kappa shape index (κ3) is 6.37. The van der Waals surface area contributed by atoms with Gasteiger partial charge in [0.2, 0.25) is 11.8 Å². The van der Waals surface area contributed by atoms with Crippen molar-refractivity contribution < 1.29 is 39.9 Å². The van der Waals surface area contributed by atoms with E-state index in [1.165, 1.54) is 36.4 Å². The summed E-state index contributed by atoms with van der Waals surface area (Å²) in [6.07, 6.45) is -10.3. The summed E-state index contributed by atoms with van der Waals surface area (Å²) >= 11 is 0. The molecule has 4 rings (SSSR count). The molecule has 0 spiro atoms. The Bertz CT molecular complexity index is 1110. The molecule has 0 saturated carbocycles. The summed E-state index contributed by atoms with van der Waals surface area (Å²) in [5.41, 5.74) is 0.0129. The molecule has 3 aromatic rings. The first-order valence-electron chi connectivity index (χ1n) is 10.6. The number of alkyl halides is 6. The van der Waals surface area contributed by atoms with Gasteiger partial charge in [0, 0.05) is 31.6 Å². The van der Waals surface area contributed by atoms with Crippen molar-refractivity contribution in [1.82, 2.24) is 15.1 Å². The van der Waals surface area contributed by atoms with E-state index in [2.05, 4.69) is 10.2 Å². The van der Waals surface area contributed by atoms with Crippen LogP contribution in [0.2, 0.25) is 0 Å². The topological polar surface area (TPSA) is 51.4 Å². The molecule has 0 aliphatic carbocycles. The Morgan fingerprint density at radius 1 is 0.943 bits per heavy atom. The van der Waals surface area contributed by atoms with Gasteiger partial charge in [-0.3, -0.25) is 4.90 Å². The van der Waals surface area contributed by atoms with E-state index in [1.807, 2.05) is 0 Å². The van der Waals surface area contributed by atoms with Crippen LogP contribution in [0.4, 0.5) is 30.7 Å². The average Bonchev–Trinajstić information content (AvgIpc) is 3.27. The molecule has 1 fully saturated rings. The minimum Gasteiger partial charge on any atom is -0.421 e. The molecule has 1 aliphatic rings. The Balaban J connectivity index is 1.43. The molecular weight excluding hydrogens is 483 g/mol. The van der Waals surface area contributed by atoms with Crippen molar-refractivity contribution in [1.29, 1.82) is 0 Å². The van der Waals surface area contributed by atoms with E-state index in [4.69, 9.17) is 9.15 Å². The molecule has 2 unspecified atom stereocenters. The van der Waals surface area contributed by atoms with Gasteiger partial charge in [-0.15, -0.1) is 10.2 Å². The molecule has 1 aliphatic heterocycles. The molecule has 2 aromatic carbocycles. The van der Waals surface area contributed by atoms with Crippen molar-refractivity contribution in [2.75, 3.05) is 26.2 Å². The lowest BCUT2D eigenvalue weighted by Crippen LogP contribution is -2.44. The molecule has 12 heteroatoms. The van der Waals surface area contributed by atoms with Crippen LogP contribution in [0, 0.1) is 11.7 Å². The fourth-order valence-electron chi connectivity index (χ4n) is 3.81. The number of rotatable bonds is 6. The second-order valence-corrected chi connectivity index (χ2v) is 8.19. The van der Waals surface area contributed by atoms with Gasteiger partial charge in [0.15, 0.2) is 0 Å². The van der Waals surface area contributed by atoms with Gasteiger partial charge in [0.1, 0.15) is 5.82 Å². The minimum absolute atomic E-state index is 0.0188. The van der Waals surface area contributed by atoms with E-state index in [-0.39, 0.29) is 38.0 Å². The Morgan fingerprint density at radius 3 is 2.26 bits per heavy atom. The van der Waals surface area contributed by atoms with E-state index < -0.39 is 42.2 Å². The second-order valence-electron chi connectivity index (χ2n) is 8.19. The van der Waals surface area contributed by atoms with Crippen LogP contribution in [0.3, 0.4) is 0 Å². The van der Waals surface area contributed by atoms with Gasteiger partial charge in [0.25, 0.3) is 0 Å². The van der Waals surface area contributed by atoms with Gasteiger partial charge in [-0.05, 0) is 42.0 Å². The zero-order valence-electron chi connectivity index (χ0n) is 18.1. The Labute approximate surface area is 195 Å². The molecule has 0 amide bonds. The molecule has 0 radical (unpaired) electrons. The molecular formula is C23H20F7N3O2. The van der Waals surface area contributed by atoms with Crippen LogP contribution in [0.25, 0.3) is 11.5 Å². The molecule has 2 atom stereocenters. The fourth-order valence-corrected chi connectivity index (χ4v) is 3.81. The summed E-state index contributed by atoms with van der Waals surface area (Å²) in [7, 11) is 0. The molecule has 0 bridgehead atoms. The summed E-state index contributed by atoms with van der Waals surface area (Å²) < 4.78 is 104. The molecule has 5 nitrogen and oxygen atoms in total. The predicted molar refractivity (Wildman–Crippen MR) is 110 cm³/mol. The highest BCUT2D eigenvalue weighted by Crippen LogP contribution is 2.33. The lowest BCUT2D eigenvalue weighted by Gasteiger charge is -2.35. The SMILES string of the molecule is Fc1ccc(-c2nnc(CC(CN3CCOC(c4ccc(C(F)(F)F)cc4)C3)C(F)(F)F)o2)cc1. The predicted octanol–water partition coefficient (Wildman–Crippen LogP) is 5.69. The molecule has 2 heterocycles. The zero-order valence-corrected chi connectivity index (χ0v) is 18.1. The van der Waals surface area contributed by atoms with Crippen LogP contribution in [-0.2, 0) is 17.3 Å². The van der Waals surface area contributed by atoms with Crippen molar-refractivity contribution in [2.24, 2.45) is 5.92 Å². The normalized spacial score (nSPS) is 18.5. The first-order valence-corrected chi connectivity index (χ1v) is 10.6.